The smallest absolute Gasteiger partial charge is 0.322 e. The predicted molar refractivity (Wildman–Crippen MR) is 58.4 cm³/mol. The molecule has 0 spiro atoms. The summed E-state index contributed by atoms with van der Waals surface area (Å²) >= 11 is 0. The van der Waals surface area contributed by atoms with Crippen LogP contribution in [-0.2, 0) is 10.0 Å². The molecule has 0 saturated carbocycles. The summed E-state index contributed by atoms with van der Waals surface area (Å²) in [7, 11) is -3.29. The summed E-state index contributed by atoms with van der Waals surface area (Å²) in [4.78, 5) is 0. The number of benzene rings is 1. The van der Waals surface area contributed by atoms with Gasteiger partial charge in [0.05, 0.1) is 6.26 Å². The van der Waals surface area contributed by atoms with Crippen molar-refractivity contribution >= 4 is 28.1 Å². The molecule has 2 N–H and O–H groups in total. The number of nitrogens with one attached hydrogen (secondary N) is 1. The molecule has 76 valence electrons. The van der Waals surface area contributed by atoms with Crippen molar-refractivity contribution < 1.29 is 13.4 Å². The van der Waals surface area contributed by atoms with Crippen LogP contribution in [0.15, 0.2) is 24.3 Å². The lowest BCUT2D eigenvalue weighted by Crippen LogP contribution is -2.30. The molecule has 1 rings (SSSR count). The molecular weight excluding hydrogens is 201 g/mol. The van der Waals surface area contributed by atoms with Crippen molar-refractivity contribution in [2.24, 2.45) is 0 Å². The van der Waals surface area contributed by atoms with E-state index in [1.54, 1.807) is 31.1 Å². The molecule has 0 saturated heterocycles. The van der Waals surface area contributed by atoms with Crippen LogP contribution in [-0.4, -0.2) is 26.6 Å². The Morgan fingerprint density at radius 2 is 1.93 bits per heavy atom. The molecule has 0 atom stereocenters. The van der Waals surface area contributed by atoms with E-state index in [2.05, 4.69) is 4.72 Å². The van der Waals surface area contributed by atoms with Crippen molar-refractivity contribution in [2.45, 2.75) is 6.82 Å². The summed E-state index contributed by atoms with van der Waals surface area (Å²) in [5.41, 5.74) is 0.989. The quantitative estimate of drug-likeness (QED) is 0.688. The van der Waals surface area contributed by atoms with Crippen molar-refractivity contribution in [3.8, 4) is 0 Å². The Morgan fingerprint density at radius 1 is 1.36 bits per heavy atom. The van der Waals surface area contributed by atoms with Gasteiger partial charge in [-0.3, -0.25) is 4.72 Å². The lowest BCUT2D eigenvalue weighted by atomic mass is 9.64. The van der Waals surface area contributed by atoms with Crippen LogP contribution in [0.4, 0.5) is 5.69 Å². The molecule has 0 fully saturated rings. The fraction of sp³-hybridized carbons (Fsp3) is 0.250. The zero-order chi connectivity index (χ0) is 10.8. The summed E-state index contributed by atoms with van der Waals surface area (Å²) in [6.45, 7) is 0.892. The minimum absolute atomic E-state index is 0.421. The largest absolute Gasteiger partial charge is 0.446 e. The van der Waals surface area contributed by atoms with Gasteiger partial charge in [0.25, 0.3) is 0 Å². The summed E-state index contributed by atoms with van der Waals surface area (Å²) in [6.07, 6.45) is 1.08. The summed E-state index contributed by atoms with van der Waals surface area (Å²) in [6, 6.07) is 6.75. The van der Waals surface area contributed by atoms with E-state index in [4.69, 9.17) is 0 Å². The van der Waals surface area contributed by atoms with E-state index in [1.165, 1.54) is 0 Å². The summed E-state index contributed by atoms with van der Waals surface area (Å²) in [5.74, 6) is 0. The molecule has 0 unspecified atom stereocenters. The molecule has 1 aromatic carbocycles. The molecule has 0 bridgehead atoms. The summed E-state index contributed by atoms with van der Waals surface area (Å²) < 4.78 is 24.3. The minimum atomic E-state index is -3.29. The molecule has 0 heterocycles. The molecule has 4 nitrogen and oxygen atoms in total. The average molecular weight is 213 g/mol. The number of hydrogen-bond acceptors (Lipinski definition) is 3. The van der Waals surface area contributed by atoms with Crippen molar-refractivity contribution in [2.75, 3.05) is 11.0 Å². The van der Waals surface area contributed by atoms with Gasteiger partial charge in [-0.25, -0.2) is 8.42 Å². The molecule has 14 heavy (non-hydrogen) atoms. The third-order valence-electron chi connectivity index (χ3n) is 1.71. The highest BCUT2D eigenvalue weighted by Gasteiger charge is 2.13. The highest BCUT2D eigenvalue weighted by atomic mass is 32.2. The number of sulfonamides is 1. The number of hydrogen-bond donors (Lipinski definition) is 2. The topological polar surface area (TPSA) is 66.4 Å². The first-order chi connectivity index (χ1) is 6.40. The maximum Gasteiger partial charge on any atom is 0.322 e. The van der Waals surface area contributed by atoms with E-state index in [9.17, 15) is 13.4 Å². The van der Waals surface area contributed by atoms with E-state index in [-0.39, 0.29) is 0 Å². The van der Waals surface area contributed by atoms with Crippen LogP contribution < -0.4 is 10.2 Å². The molecule has 6 heteroatoms. The molecule has 0 aliphatic heterocycles. The zero-order valence-electron chi connectivity index (χ0n) is 8.06. The average Bonchev–Trinajstić information content (AvgIpc) is 2.01. The SMILES string of the molecule is CB(O)c1ccccc1NS(C)(=O)=O. The fourth-order valence-electron chi connectivity index (χ4n) is 1.15. The van der Waals surface area contributed by atoms with E-state index in [1.807, 2.05) is 0 Å². The Hall–Kier alpha value is -1.01. The Balaban J connectivity index is 3.08. The van der Waals surface area contributed by atoms with Gasteiger partial charge in [0.15, 0.2) is 0 Å². The first-order valence-electron chi connectivity index (χ1n) is 4.15. The van der Waals surface area contributed by atoms with E-state index < -0.39 is 16.9 Å². The van der Waals surface area contributed by atoms with Gasteiger partial charge in [-0.15, -0.1) is 0 Å². The van der Waals surface area contributed by atoms with Gasteiger partial charge in [0.1, 0.15) is 0 Å². The molecule has 1 aromatic rings. The Bertz CT molecular complexity index is 416. The second-order valence-corrected chi connectivity index (χ2v) is 4.89. The fourth-order valence-corrected chi connectivity index (χ4v) is 1.74. The second-order valence-electron chi connectivity index (χ2n) is 3.14. The van der Waals surface area contributed by atoms with E-state index in [0.29, 0.717) is 11.2 Å². The molecular formula is C8H12BNO3S. The molecule has 0 radical (unpaired) electrons. The molecule has 0 aliphatic carbocycles. The van der Waals surface area contributed by atoms with Crippen LogP contribution in [0.25, 0.3) is 0 Å². The maximum atomic E-state index is 11.0. The zero-order valence-corrected chi connectivity index (χ0v) is 8.88. The Kier molecular flexibility index (Phi) is 3.18. The second kappa shape index (κ2) is 4.02. The van der Waals surface area contributed by atoms with Crippen LogP contribution in [0.2, 0.25) is 6.82 Å². The van der Waals surface area contributed by atoms with E-state index in [0.717, 1.165) is 6.26 Å². The van der Waals surface area contributed by atoms with Gasteiger partial charge in [0, 0.05) is 5.69 Å². The molecule has 0 aromatic heterocycles. The minimum Gasteiger partial charge on any atom is -0.446 e. The Labute approximate surface area is 84.1 Å². The highest BCUT2D eigenvalue weighted by Crippen LogP contribution is 2.05. The van der Waals surface area contributed by atoms with Gasteiger partial charge < -0.3 is 5.02 Å². The van der Waals surface area contributed by atoms with Gasteiger partial charge in [-0.1, -0.05) is 25.0 Å². The van der Waals surface area contributed by atoms with Crippen molar-refractivity contribution in [1.29, 1.82) is 0 Å². The molecule has 0 amide bonds. The number of para-hydroxylation sites is 1. The van der Waals surface area contributed by atoms with Gasteiger partial charge in [-0.05, 0) is 11.5 Å². The Morgan fingerprint density at radius 3 is 2.43 bits per heavy atom. The monoisotopic (exact) mass is 213 g/mol. The first-order valence-corrected chi connectivity index (χ1v) is 6.04. The van der Waals surface area contributed by atoms with Crippen LogP contribution in [0.1, 0.15) is 0 Å². The maximum absolute atomic E-state index is 11.0. The van der Waals surface area contributed by atoms with Crippen LogP contribution in [0.5, 0.6) is 0 Å². The first kappa shape index (κ1) is 11.1. The lowest BCUT2D eigenvalue weighted by Gasteiger charge is -2.10. The van der Waals surface area contributed by atoms with Gasteiger partial charge >= 0.3 is 6.92 Å². The van der Waals surface area contributed by atoms with Gasteiger partial charge in [-0.2, -0.15) is 0 Å². The van der Waals surface area contributed by atoms with Gasteiger partial charge in [0.2, 0.25) is 10.0 Å². The normalized spacial score (nSPS) is 11.1. The van der Waals surface area contributed by atoms with Crippen molar-refractivity contribution in [1.82, 2.24) is 0 Å². The van der Waals surface area contributed by atoms with Crippen LogP contribution in [0, 0.1) is 0 Å². The third kappa shape index (κ3) is 3.04. The number of anilines is 1. The lowest BCUT2D eigenvalue weighted by molar-refractivity contribution is 0.594. The number of rotatable bonds is 3. The van der Waals surface area contributed by atoms with Crippen molar-refractivity contribution in [3.05, 3.63) is 24.3 Å². The highest BCUT2D eigenvalue weighted by molar-refractivity contribution is 7.92. The van der Waals surface area contributed by atoms with E-state index >= 15 is 0 Å². The van der Waals surface area contributed by atoms with Crippen LogP contribution >= 0.6 is 0 Å². The standard InChI is InChI=1S/C8H12BNO3S/c1-9(11)7-5-3-4-6-8(7)10-14(2,12)13/h3-6,10-11H,1-2H3. The summed E-state index contributed by atoms with van der Waals surface area (Å²) in [5, 5.41) is 9.37. The third-order valence-corrected chi connectivity index (χ3v) is 2.30. The van der Waals surface area contributed by atoms with Crippen LogP contribution in [0.3, 0.4) is 0 Å². The predicted octanol–water partition coefficient (Wildman–Crippen LogP) is -0.121. The molecule has 0 aliphatic rings. The van der Waals surface area contributed by atoms with Crippen molar-refractivity contribution in [3.63, 3.8) is 0 Å².